The van der Waals surface area contributed by atoms with Crippen molar-refractivity contribution < 1.29 is 14.3 Å². The van der Waals surface area contributed by atoms with Crippen molar-refractivity contribution >= 4 is 5.91 Å². The third kappa shape index (κ3) is 4.24. The normalized spacial score (nSPS) is 13.9. The highest BCUT2D eigenvalue weighted by Gasteiger charge is 2.26. The fourth-order valence-corrected chi connectivity index (χ4v) is 0.625. The molecule has 0 saturated heterocycles. The molecule has 0 bridgehead atoms. The van der Waals surface area contributed by atoms with Crippen LogP contribution in [0.1, 0.15) is 20.8 Å². The van der Waals surface area contributed by atoms with Gasteiger partial charge in [-0.2, -0.15) is 0 Å². The number of hydrogen-bond donors (Lipinski definition) is 1. The molecular weight excluding hydrogens is 170 g/mol. The number of rotatable bonds is 5. The van der Waals surface area contributed by atoms with E-state index in [1.165, 1.54) is 7.11 Å². The zero-order valence-corrected chi connectivity index (χ0v) is 9.01. The highest BCUT2D eigenvalue weighted by atomic mass is 16.5. The summed E-state index contributed by atoms with van der Waals surface area (Å²) in [4.78, 5) is 11.4. The van der Waals surface area contributed by atoms with Crippen molar-refractivity contribution in [3.63, 3.8) is 0 Å². The van der Waals surface area contributed by atoms with Crippen LogP contribution < -0.4 is 5.32 Å². The lowest BCUT2D eigenvalue weighted by atomic mass is 10.1. The molecule has 0 fully saturated rings. The van der Waals surface area contributed by atoms with Crippen LogP contribution in [0.3, 0.4) is 0 Å². The number of amides is 1. The van der Waals surface area contributed by atoms with Crippen LogP contribution in [0.15, 0.2) is 0 Å². The molecule has 0 aromatic rings. The van der Waals surface area contributed by atoms with E-state index in [2.05, 4.69) is 5.32 Å². The Morgan fingerprint density at radius 1 is 1.46 bits per heavy atom. The topological polar surface area (TPSA) is 47.6 Å². The van der Waals surface area contributed by atoms with Gasteiger partial charge in [0.2, 0.25) is 0 Å². The molecule has 0 aliphatic heterocycles. The molecule has 78 valence electrons. The SMILES string of the molecule is COC(C)CNC(=O)C(C)(C)OC. The van der Waals surface area contributed by atoms with E-state index in [1.807, 2.05) is 6.92 Å². The van der Waals surface area contributed by atoms with Crippen LogP contribution in [0.25, 0.3) is 0 Å². The summed E-state index contributed by atoms with van der Waals surface area (Å²) in [6, 6.07) is 0. The minimum atomic E-state index is -0.770. The van der Waals surface area contributed by atoms with Crippen LogP contribution in [-0.4, -0.2) is 38.4 Å². The van der Waals surface area contributed by atoms with Crippen molar-refractivity contribution in [2.24, 2.45) is 0 Å². The smallest absolute Gasteiger partial charge is 0.251 e. The summed E-state index contributed by atoms with van der Waals surface area (Å²) in [5.74, 6) is -0.126. The van der Waals surface area contributed by atoms with Gasteiger partial charge in [-0.1, -0.05) is 0 Å². The molecule has 1 unspecified atom stereocenters. The van der Waals surface area contributed by atoms with Gasteiger partial charge in [-0.15, -0.1) is 0 Å². The summed E-state index contributed by atoms with van der Waals surface area (Å²) < 4.78 is 10.0. The first kappa shape index (κ1) is 12.4. The standard InChI is InChI=1S/C9H19NO3/c1-7(12-4)6-10-8(11)9(2,3)13-5/h7H,6H2,1-5H3,(H,10,11). The van der Waals surface area contributed by atoms with E-state index in [9.17, 15) is 4.79 Å². The van der Waals surface area contributed by atoms with Gasteiger partial charge in [0.15, 0.2) is 0 Å². The molecule has 0 saturated carbocycles. The second-order valence-electron chi connectivity index (χ2n) is 3.47. The lowest BCUT2D eigenvalue weighted by Gasteiger charge is -2.22. The van der Waals surface area contributed by atoms with Gasteiger partial charge in [0.25, 0.3) is 5.91 Å². The lowest BCUT2D eigenvalue weighted by Crippen LogP contribution is -2.45. The van der Waals surface area contributed by atoms with Gasteiger partial charge in [0.1, 0.15) is 5.60 Å². The van der Waals surface area contributed by atoms with E-state index in [-0.39, 0.29) is 12.0 Å². The summed E-state index contributed by atoms with van der Waals surface area (Å²) in [7, 11) is 3.12. The number of nitrogens with one attached hydrogen (secondary N) is 1. The Hall–Kier alpha value is -0.610. The molecule has 1 atom stereocenters. The van der Waals surface area contributed by atoms with Gasteiger partial charge in [-0.05, 0) is 20.8 Å². The highest BCUT2D eigenvalue weighted by molar-refractivity contribution is 5.84. The quantitative estimate of drug-likeness (QED) is 0.687. The Labute approximate surface area is 79.6 Å². The maximum Gasteiger partial charge on any atom is 0.251 e. The van der Waals surface area contributed by atoms with Gasteiger partial charge < -0.3 is 14.8 Å². The van der Waals surface area contributed by atoms with E-state index in [4.69, 9.17) is 9.47 Å². The van der Waals surface area contributed by atoms with Crippen LogP contribution in [0.2, 0.25) is 0 Å². The number of hydrogen-bond acceptors (Lipinski definition) is 3. The molecule has 0 aliphatic carbocycles. The number of carbonyl (C=O) groups excluding carboxylic acids is 1. The molecule has 0 heterocycles. The van der Waals surface area contributed by atoms with Crippen LogP contribution in [0.5, 0.6) is 0 Å². The molecule has 0 aromatic carbocycles. The Morgan fingerprint density at radius 3 is 2.38 bits per heavy atom. The summed E-state index contributed by atoms with van der Waals surface area (Å²) in [6.07, 6.45) is 0.0246. The molecule has 0 spiro atoms. The molecule has 0 aliphatic rings. The molecule has 1 N–H and O–H groups in total. The van der Waals surface area contributed by atoms with Crippen LogP contribution in [-0.2, 0) is 14.3 Å². The van der Waals surface area contributed by atoms with Crippen molar-refractivity contribution in [1.29, 1.82) is 0 Å². The molecule has 0 radical (unpaired) electrons. The molecule has 4 nitrogen and oxygen atoms in total. The van der Waals surface area contributed by atoms with E-state index in [0.717, 1.165) is 0 Å². The van der Waals surface area contributed by atoms with Crippen molar-refractivity contribution in [2.45, 2.75) is 32.5 Å². The summed E-state index contributed by atoms with van der Waals surface area (Å²) in [5.41, 5.74) is -0.770. The molecule has 0 rings (SSSR count). The van der Waals surface area contributed by atoms with Crippen LogP contribution in [0.4, 0.5) is 0 Å². The van der Waals surface area contributed by atoms with Crippen molar-refractivity contribution in [2.75, 3.05) is 20.8 Å². The van der Waals surface area contributed by atoms with Crippen LogP contribution in [0, 0.1) is 0 Å². The lowest BCUT2D eigenvalue weighted by molar-refractivity contribution is -0.140. The minimum absolute atomic E-state index is 0.0246. The number of carbonyl (C=O) groups is 1. The highest BCUT2D eigenvalue weighted by Crippen LogP contribution is 2.06. The first-order valence-electron chi connectivity index (χ1n) is 4.30. The molecule has 13 heavy (non-hydrogen) atoms. The number of ether oxygens (including phenoxy) is 2. The zero-order valence-electron chi connectivity index (χ0n) is 9.01. The molecule has 1 amide bonds. The third-order valence-corrected chi connectivity index (χ3v) is 2.01. The van der Waals surface area contributed by atoms with Crippen molar-refractivity contribution in [1.82, 2.24) is 5.32 Å². The maximum atomic E-state index is 11.4. The van der Waals surface area contributed by atoms with Gasteiger partial charge in [0.05, 0.1) is 6.10 Å². The molecule has 0 aromatic heterocycles. The largest absolute Gasteiger partial charge is 0.380 e. The average Bonchev–Trinajstić information content (AvgIpc) is 2.13. The fourth-order valence-electron chi connectivity index (χ4n) is 0.625. The summed E-state index contributed by atoms with van der Waals surface area (Å²) in [5, 5.41) is 2.74. The Bertz CT molecular complexity index is 168. The fraction of sp³-hybridized carbons (Fsp3) is 0.889. The van der Waals surface area contributed by atoms with E-state index < -0.39 is 5.60 Å². The third-order valence-electron chi connectivity index (χ3n) is 2.01. The van der Waals surface area contributed by atoms with E-state index in [0.29, 0.717) is 6.54 Å². The summed E-state index contributed by atoms with van der Waals surface area (Å²) in [6.45, 7) is 5.84. The van der Waals surface area contributed by atoms with Gasteiger partial charge in [0, 0.05) is 20.8 Å². The monoisotopic (exact) mass is 189 g/mol. The van der Waals surface area contributed by atoms with Crippen molar-refractivity contribution in [3.05, 3.63) is 0 Å². The zero-order chi connectivity index (χ0) is 10.5. The second kappa shape index (κ2) is 5.19. The van der Waals surface area contributed by atoms with Gasteiger partial charge >= 0.3 is 0 Å². The maximum absolute atomic E-state index is 11.4. The minimum Gasteiger partial charge on any atom is -0.380 e. The van der Waals surface area contributed by atoms with Gasteiger partial charge in [-0.3, -0.25) is 4.79 Å². The van der Waals surface area contributed by atoms with Crippen molar-refractivity contribution in [3.8, 4) is 0 Å². The van der Waals surface area contributed by atoms with Gasteiger partial charge in [-0.25, -0.2) is 0 Å². The summed E-state index contributed by atoms with van der Waals surface area (Å²) >= 11 is 0. The predicted octanol–water partition coefficient (Wildman–Crippen LogP) is 0.562. The number of methoxy groups -OCH3 is 2. The molecule has 4 heteroatoms. The Balaban J connectivity index is 3.88. The Kier molecular flexibility index (Phi) is 4.95. The predicted molar refractivity (Wildman–Crippen MR) is 50.6 cm³/mol. The average molecular weight is 189 g/mol. The first-order chi connectivity index (χ1) is 5.94. The van der Waals surface area contributed by atoms with E-state index >= 15 is 0 Å². The first-order valence-corrected chi connectivity index (χ1v) is 4.30. The van der Waals surface area contributed by atoms with E-state index in [1.54, 1.807) is 21.0 Å². The Morgan fingerprint density at radius 2 is 2.00 bits per heavy atom. The second-order valence-corrected chi connectivity index (χ2v) is 3.47. The van der Waals surface area contributed by atoms with Crippen LogP contribution >= 0.6 is 0 Å². The molecular formula is C9H19NO3.